The summed E-state index contributed by atoms with van der Waals surface area (Å²) in [5.41, 5.74) is 4.84. The number of carboxylic acids is 1. The van der Waals surface area contributed by atoms with Crippen molar-refractivity contribution in [3.05, 3.63) is 12.3 Å². The number of nitrogens with zero attached hydrogens (tertiary/aromatic N) is 2. The largest absolute Gasteiger partial charge is 0.480 e. The Kier molecular flexibility index (Phi) is 4.03. The van der Waals surface area contributed by atoms with E-state index in [1.807, 2.05) is 4.72 Å². The number of carbonyl (C=O) groups excluding carboxylic acids is 1. The Balaban J connectivity index is 2.97. The predicted molar refractivity (Wildman–Crippen MR) is 58.8 cm³/mol. The summed E-state index contributed by atoms with van der Waals surface area (Å²) in [6.45, 7) is 0. The molecule has 0 radical (unpaired) electrons. The Bertz CT molecular complexity index is 564. The third-order valence-corrected chi connectivity index (χ3v) is 3.60. The molecule has 1 atom stereocenters. The first-order valence-electron chi connectivity index (χ1n) is 4.75. The highest BCUT2D eigenvalue weighted by atomic mass is 32.2. The van der Waals surface area contributed by atoms with Crippen LogP contribution in [0.4, 0.5) is 0 Å². The highest BCUT2D eigenvalue weighted by Gasteiger charge is 2.28. The van der Waals surface area contributed by atoms with E-state index < -0.39 is 34.4 Å². The van der Waals surface area contributed by atoms with Crippen LogP contribution < -0.4 is 10.5 Å². The number of aliphatic carboxylic acids is 1. The number of hydrogen-bond donors (Lipinski definition) is 3. The maximum absolute atomic E-state index is 11.8. The molecule has 1 rings (SSSR count). The quantitative estimate of drug-likeness (QED) is 0.549. The Labute approximate surface area is 103 Å². The van der Waals surface area contributed by atoms with E-state index in [9.17, 15) is 18.0 Å². The van der Waals surface area contributed by atoms with Gasteiger partial charge in [-0.3, -0.25) is 14.3 Å². The van der Waals surface area contributed by atoms with Crippen molar-refractivity contribution in [1.29, 1.82) is 0 Å². The fraction of sp³-hybridized carbons (Fsp3) is 0.375. The van der Waals surface area contributed by atoms with Crippen LogP contribution in [0.2, 0.25) is 0 Å². The van der Waals surface area contributed by atoms with E-state index in [-0.39, 0.29) is 5.03 Å². The number of primary amides is 1. The first kappa shape index (κ1) is 14.1. The minimum atomic E-state index is -4.08. The van der Waals surface area contributed by atoms with Gasteiger partial charge in [0.15, 0.2) is 5.03 Å². The maximum atomic E-state index is 11.8. The summed E-state index contributed by atoms with van der Waals surface area (Å²) >= 11 is 0. The smallest absolute Gasteiger partial charge is 0.322 e. The number of sulfonamides is 1. The zero-order valence-corrected chi connectivity index (χ0v) is 10.2. The van der Waals surface area contributed by atoms with Gasteiger partial charge in [-0.2, -0.15) is 9.82 Å². The molecule has 0 aromatic carbocycles. The third kappa shape index (κ3) is 3.28. The van der Waals surface area contributed by atoms with Crippen molar-refractivity contribution >= 4 is 21.9 Å². The molecular formula is C8H12N4O5S. The number of nitrogens with two attached hydrogens (primary N) is 1. The van der Waals surface area contributed by atoms with Gasteiger partial charge in [-0.05, 0) is 6.07 Å². The van der Waals surface area contributed by atoms with Crippen molar-refractivity contribution in [3.63, 3.8) is 0 Å². The monoisotopic (exact) mass is 276 g/mol. The van der Waals surface area contributed by atoms with Crippen molar-refractivity contribution in [2.75, 3.05) is 0 Å². The molecule has 0 bridgehead atoms. The van der Waals surface area contributed by atoms with Crippen molar-refractivity contribution in [3.8, 4) is 0 Å². The number of carbonyl (C=O) groups is 2. The molecule has 1 aromatic rings. The first-order chi connectivity index (χ1) is 8.24. The van der Waals surface area contributed by atoms with Crippen molar-refractivity contribution in [2.45, 2.75) is 17.5 Å². The molecule has 0 unspecified atom stereocenters. The molecule has 1 amide bonds. The van der Waals surface area contributed by atoms with Crippen LogP contribution in [0.5, 0.6) is 0 Å². The molecule has 9 nitrogen and oxygen atoms in total. The molecule has 10 heteroatoms. The minimum Gasteiger partial charge on any atom is -0.480 e. The second-order valence-electron chi connectivity index (χ2n) is 3.48. The van der Waals surface area contributed by atoms with Gasteiger partial charge in [0.1, 0.15) is 6.04 Å². The fourth-order valence-electron chi connectivity index (χ4n) is 1.25. The van der Waals surface area contributed by atoms with Gasteiger partial charge in [-0.1, -0.05) is 0 Å². The summed E-state index contributed by atoms with van der Waals surface area (Å²) in [4.78, 5) is 21.5. The van der Waals surface area contributed by atoms with Gasteiger partial charge in [0.25, 0.3) is 10.0 Å². The van der Waals surface area contributed by atoms with E-state index in [1.165, 1.54) is 19.3 Å². The average Bonchev–Trinajstić information content (AvgIpc) is 2.62. The molecule has 0 spiro atoms. The molecule has 1 aromatic heterocycles. The molecule has 1 heterocycles. The highest BCUT2D eigenvalue weighted by molar-refractivity contribution is 7.89. The van der Waals surface area contributed by atoms with Crippen molar-refractivity contribution in [1.82, 2.24) is 14.5 Å². The molecule has 0 saturated heterocycles. The van der Waals surface area contributed by atoms with E-state index in [4.69, 9.17) is 10.8 Å². The molecule has 4 N–H and O–H groups in total. The van der Waals surface area contributed by atoms with Crippen molar-refractivity contribution < 1.29 is 23.1 Å². The van der Waals surface area contributed by atoms with Gasteiger partial charge in [0.05, 0.1) is 12.6 Å². The summed E-state index contributed by atoms with van der Waals surface area (Å²) in [6.07, 6.45) is 0.616. The number of carboxylic acid groups (broad SMARTS) is 1. The van der Waals surface area contributed by atoms with Gasteiger partial charge in [0, 0.05) is 7.05 Å². The van der Waals surface area contributed by atoms with Crippen LogP contribution in [0.1, 0.15) is 6.42 Å². The van der Waals surface area contributed by atoms with E-state index in [0.29, 0.717) is 0 Å². The van der Waals surface area contributed by atoms with Crippen LogP contribution in [-0.4, -0.2) is 41.2 Å². The van der Waals surface area contributed by atoms with Gasteiger partial charge in [-0.15, -0.1) is 0 Å². The van der Waals surface area contributed by atoms with Gasteiger partial charge in [0.2, 0.25) is 5.91 Å². The summed E-state index contributed by atoms with van der Waals surface area (Å²) in [5.74, 6) is -2.41. The van der Waals surface area contributed by atoms with Crippen LogP contribution in [-0.2, 0) is 26.7 Å². The lowest BCUT2D eigenvalue weighted by Crippen LogP contribution is -2.43. The van der Waals surface area contributed by atoms with Crippen LogP contribution >= 0.6 is 0 Å². The number of aromatic nitrogens is 2. The van der Waals surface area contributed by atoms with E-state index in [2.05, 4.69) is 5.10 Å². The zero-order chi connectivity index (χ0) is 13.9. The Hall–Kier alpha value is -1.94. The number of hydrogen-bond acceptors (Lipinski definition) is 5. The lowest BCUT2D eigenvalue weighted by molar-refractivity contribution is -0.140. The first-order valence-corrected chi connectivity index (χ1v) is 6.24. The third-order valence-electron chi connectivity index (χ3n) is 2.05. The molecule has 0 saturated carbocycles. The van der Waals surface area contributed by atoms with Crippen LogP contribution in [0.15, 0.2) is 17.3 Å². The fourth-order valence-corrected chi connectivity index (χ4v) is 2.57. The van der Waals surface area contributed by atoms with Crippen LogP contribution in [0, 0.1) is 0 Å². The number of amides is 1. The van der Waals surface area contributed by atoms with Gasteiger partial charge < -0.3 is 10.8 Å². The lowest BCUT2D eigenvalue weighted by atomic mass is 10.2. The minimum absolute atomic E-state index is 0.210. The molecule has 0 aliphatic heterocycles. The van der Waals surface area contributed by atoms with Gasteiger partial charge in [-0.25, -0.2) is 8.42 Å². The average molecular weight is 276 g/mol. The zero-order valence-electron chi connectivity index (χ0n) is 9.40. The maximum Gasteiger partial charge on any atom is 0.322 e. The van der Waals surface area contributed by atoms with E-state index in [0.717, 1.165) is 4.68 Å². The lowest BCUT2D eigenvalue weighted by Gasteiger charge is -2.13. The SMILES string of the molecule is Cn1nccc1S(=O)(=O)N[C@@H](CC(N)=O)C(=O)O. The molecule has 18 heavy (non-hydrogen) atoms. The molecule has 0 aliphatic rings. The predicted octanol–water partition coefficient (Wildman–Crippen LogP) is -1.97. The summed E-state index contributed by atoms with van der Waals surface area (Å²) < 4.78 is 26.6. The summed E-state index contributed by atoms with van der Waals surface area (Å²) in [5, 5.41) is 12.2. The Morgan fingerprint density at radius 2 is 2.22 bits per heavy atom. The molecule has 0 aliphatic carbocycles. The molecule has 0 fully saturated rings. The Morgan fingerprint density at radius 1 is 1.61 bits per heavy atom. The molecular weight excluding hydrogens is 264 g/mol. The second-order valence-corrected chi connectivity index (χ2v) is 5.14. The normalized spacial score (nSPS) is 13.2. The topological polar surface area (TPSA) is 144 Å². The van der Waals surface area contributed by atoms with Crippen LogP contribution in [0.3, 0.4) is 0 Å². The van der Waals surface area contributed by atoms with Crippen LogP contribution in [0.25, 0.3) is 0 Å². The number of rotatable bonds is 6. The standard InChI is InChI=1S/C8H12N4O5S/c1-12-7(2-3-10-12)18(16,17)11-5(8(14)15)4-6(9)13/h2-3,5,11H,4H2,1H3,(H2,9,13)(H,14,15)/t5-/m0/s1. The highest BCUT2D eigenvalue weighted by Crippen LogP contribution is 2.08. The Morgan fingerprint density at radius 3 is 2.61 bits per heavy atom. The number of aryl methyl sites for hydroxylation is 1. The van der Waals surface area contributed by atoms with Gasteiger partial charge >= 0.3 is 5.97 Å². The van der Waals surface area contributed by atoms with Crippen molar-refractivity contribution in [2.24, 2.45) is 12.8 Å². The number of nitrogens with one attached hydrogen (secondary N) is 1. The second kappa shape index (κ2) is 5.14. The van der Waals surface area contributed by atoms with E-state index in [1.54, 1.807) is 0 Å². The summed E-state index contributed by atoms with van der Waals surface area (Å²) in [7, 11) is -2.69. The van der Waals surface area contributed by atoms with E-state index >= 15 is 0 Å². The molecule has 100 valence electrons. The summed E-state index contributed by atoms with van der Waals surface area (Å²) in [6, 6.07) is -0.409.